The van der Waals surface area contributed by atoms with E-state index in [4.69, 9.17) is 11.6 Å². The summed E-state index contributed by atoms with van der Waals surface area (Å²) in [5.74, 6) is 0.213. The average molecular weight is 378 g/mol. The second-order valence-electron chi connectivity index (χ2n) is 5.05. The molecular weight excluding hydrogens is 362 g/mol. The van der Waals surface area contributed by atoms with Crippen LogP contribution in [0.15, 0.2) is 47.4 Å². The maximum atomic E-state index is 12.0. The SMILES string of the molecule is CCc1cccc2sc(NNC(=O)CSc3ccc(Cl)cc3)nc12. The van der Waals surface area contributed by atoms with Crippen LogP contribution in [0.25, 0.3) is 10.2 Å². The molecule has 0 radical (unpaired) electrons. The van der Waals surface area contributed by atoms with Crippen molar-refractivity contribution in [3.8, 4) is 0 Å². The average Bonchev–Trinajstić information content (AvgIpc) is 3.02. The van der Waals surface area contributed by atoms with Gasteiger partial charge in [-0.2, -0.15) is 0 Å². The number of benzene rings is 2. The summed E-state index contributed by atoms with van der Waals surface area (Å²) in [5, 5.41) is 1.38. The molecule has 0 atom stereocenters. The molecule has 0 saturated carbocycles. The van der Waals surface area contributed by atoms with Gasteiger partial charge in [-0.3, -0.25) is 15.6 Å². The molecule has 4 nitrogen and oxygen atoms in total. The number of para-hydroxylation sites is 1. The summed E-state index contributed by atoms with van der Waals surface area (Å²) < 4.78 is 1.11. The van der Waals surface area contributed by atoms with Crippen LogP contribution in [0.2, 0.25) is 5.02 Å². The molecule has 0 unspecified atom stereocenters. The Labute approximate surface area is 153 Å². The first-order chi connectivity index (χ1) is 11.7. The number of rotatable bonds is 6. The Kier molecular flexibility index (Phi) is 5.60. The van der Waals surface area contributed by atoms with Crippen LogP contribution in [0, 0.1) is 0 Å². The zero-order valence-electron chi connectivity index (χ0n) is 13.0. The van der Waals surface area contributed by atoms with Crippen molar-refractivity contribution in [2.24, 2.45) is 0 Å². The number of aromatic nitrogens is 1. The number of thiazole rings is 1. The number of hydrogen-bond acceptors (Lipinski definition) is 5. The number of carbonyl (C=O) groups is 1. The fourth-order valence-electron chi connectivity index (χ4n) is 2.18. The number of carbonyl (C=O) groups excluding carboxylic acids is 1. The predicted molar refractivity (Wildman–Crippen MR) is 103 cm³/mol. The number of aryl methyl sites for hydroxylation is 1. The van der Waals surface area contributed by atoms with Gasteiger partial charge in [0.1, 0.15) is 0 Å². The lowest BCUT2D eigenvalue weighted by molar-refractivity contribution is -0.118. The smallest absolute Gasteiger partial charge is 0.248 e. The fourth-order valence-corrected chi connectivity index (χ4v) is 3.88. The fraction of sp³-hybridized carbons (Fsp3) is 0.176. The second-order valence-corrected chi connectivity index (χ2v) is 7.57. The van der Waals surface area contributed by atoms with Crippen molar-refractivity contribution < 1.29 is 4.79 Å². The van der Waals surface area contributed by atoms with E-state index in [1.165, 1.54) is 28.7 Å². The molecule has 0 saturated heterocycles. The Balaban J connectivity index is 1.55. The van der Waals surface area contributed by atoms with Crippen LogP contribution in [0.5, 0.6) is 0 Å². The Morgan fingerprint density at radius 2 is 2.04 bits per heavy atom. The number of amides is 1. The molecule has 3 rings (SSSR count). The first-order valence-corrected chi connectivity index (χ1v) is 9.65. The molecule has 0 aliphatic heterocycles. The lowest BCUT2D eigenvalue weighted by atomic mass is 10.1. The van der Waals surface area contributed by atoms with E-state index in [2.05, 4.69) is 28.8 Å². The summed E-state index contributed by atoms with van der Waals surface area (Å²) in [6.07, 6.45) is 0.935. The maximum absolute atomic E-state index is 12.0. The van der Waals surface area contributed by atoms with E-state index in [0.29, 0.717) is 15.9 Å². The maximum Gasteiger partial charge on any atom is 0.248 e. The van der Waals surface area contributed by atoms with Crippen LogP contribution >= 0.6 is 34.7 Å². The summed E-state index contributed by atoms with van der Waals surface area (Å²) >= 11 is 8.82. The van der Waals surface area contributed by atoms with Crippen LogP contribution in [-0.2, 0) is 11.2 Å². The standard InChI is InChI=1S/C17H16ClN3OS2/c1-2-11-4-3-5-14-16(11)19-17(24-14)21-20-15(22)10-23-13-8-6-12(18)7-9-13/h3-9H,2,10H2,1H3,(H,19,21)(H,20,22). The van der Waals surface area contributed by atoms with Crippen molar-refractivity contribution in [3.05, 3.63) is 53.1 Å². The van der Waals surface area contributed by atoms with E-state index < -0.39 is 0 Å². The van der Waals surface area contributed by atoms with Gasteiger partial charge in [0, 0.05) is 9.92 Å². The van der Waals surface area contributed by atoms with Crippen LogP contribution < -0.4 is 10.9 Å². The number of hydrogen-bond donors (Lipinski definition) is 2. The van der Waals surface area contributed by atoms with Gasteiger partial charge in [-0.25, -0.2) is 4.98 Å². The Hall–Kier alpha value is -1.76. The molecule has 24 heavy (non-hydrogen) atoms. The van der Waals surface area contributed by atoms with Gasteiger partial charge in [-0.15, -0.1) is 11.8 Å². The Morgan fingerprint density at radius 1 is 1.25 bits per heavy atom. The van der Waals surface area contributed by atoms with Gasteiger partial charge in [0.15, 0.2) is 0 Å². The number of halogens is 1. The summed E-state index contributed by atoms with van der Waals surface area (Å²) in [6, 6.07) is 13.6. The topological polar surface area (TPSA) is 54.0 Å². The highest BCUT2D eigenvalue weighted by atomic mass is 35.5. The largest absolute Gasteiger partial charge is 0.273 e. The van der Waals surface area contributed by atoms with Crippen LogP contribution in [0.4, 0.5) is 5.13 Å². The summed E-state index contributed by atoms with van der Waals surface area (Å²) in [4.78, 5) is 17.5. The number of hydrazine groups is 1. The molecule has 2 aromatic carbocycles. The number of fused-ring (bicyclic) bond motifs is 1. The summed E-state index contributed by atoms with van der Waals surface area (Å²) in [7, 11) is 0. The van der Waals surface area contributed by atoms with Crippen LogP contribution in [-0.4, -0.2) is 16.6 Å². The van der Waals surface area contributed by atoms with Crippen molar-refractivity contribution >= 4 is 56.0 Å². The van der Waals surface area contributed by atoms with Crippen molar-refractivity contribution in [2.75, 3.05) is 11.2 Å². The molecule has 7 heteroatoms. The van der Waals surface area contributed by atoms with E-state index in [0.717, 1.165) is 21.5 Å². The first kappa shape index (κ1) is 17.1. The number of nitrogens with one attached hydrogen (secondary N) is 2. The van der Waals surface area contributed by atoms with Crippen LogP contribution in [0.3, 0.4) is 0 Å². The summed E-state index contributed by atoms with van der Waals surface area (Å²) in [6.45, 7) is 2.11. The number of anilines is 1. The van der Waals surface area contributed by atoms with Gasteiger partial charge >= 0.3 is 0 Å². The lowest BCUT2D eigenvalue weighted by Gasteiger charge is -2.05. The van der Waals surface area contributed by atoms with Crippen LogP contribution in [0.1, 0.15) is 12.5 Å². The van der Waals surface area contributed by atoms with Gasteiger partial charge in [-0.05, 0) is 42.3 Å². The molecule has 0 bridgehead atoms. The van der Waals surface area contributed by atoms with Gasteiger partial charge in [-0.1, -0.05) is 42.0 Å². The molecule has 1 heterocycles. The molecule has 0 aliphatic carbocycles. The van der Waals surface area contributed by atoms with E-state index in [1.54, 1.807) is 0 Å². The van der Waals surface area contributed by atoms with E-state index in [-0.39, 0.29) is 5.91 Å². The Morgan fingerprint density at radius 3 is 2.79 bits per heavy atom. The zero-order chi connectivity index (χ0) is 16.9. The third kappa shape index (κ3) is 4.20. The van der Waals surface area contributed by atoms with E-state index >= 15 is 0 Å². The highest BCUT2D eigenvalue weighted by Gasteiger charge is 2.08. The second kappa shape index (κ2) is 7.88. The number of thioether (sulfide) groups is 1. The zero-order valence-corrected chi connectivity index (χ0v) is 15.4. The van der Waals surface area contributed by atoms with Gasteiger partial charge < -0.3 is 0 Å². The van der Waals surface area contributed by atoms with Gasteiger partial charge in [0.05, 0.1) is 16.0 Å². The molecule has 124 valence electrons. The minimum absolute atomic E-state index is 0.107. The minimum atomic E-state index is -0.107. The molecule has 1 aromatic heterocycles. The molecule has 3 aromatic rings. The molecule has 2 N–H and O–H groups in total. The monoisotopic (exact) mass is 377 g/mol. The molecular formula is C17H16ClN3OS2. The quantitative estimate of drug-likeness (QED) is 0.481. The third-order valence-electron chi connectivity index (χ3n) is 3.38. The lowest BCUT2D eigenvalue weighted by Crippen LogP contribution is -2.30. The van der Waals surface area contributed by atoms with Crippen molar-refractivity contribution in [2.45, 2.75) is 18.2 Å². The van der Waals surface area contributed by atoms with E-state index in [9.17, 15) is 4.79 Å². The normalized spacial score (nSPS) is 10.8. The predicted octanol–water partition coefficient (Wildman–Crippen LogP) is 4.75. The van der Waals surface area contributed by atoms with Crippen molar-refractivity contribution in [1.29, 1.82) is 0 Å². The highest BCUT2D eigenvalue weighted by molar-refractivity contribution is 8.00. The third-order valence-corrected chi connectivity index (χ3v) is 5.58. The van der Waals surface area contributed by atoms with Gasteiger partial charge in [0.25, 0.3) is 0 Å². The minimum Gasteiger partial charge on any atom is -0.273 e. The molecule has 0 fully saturated rings. The van der Waals surface area contributed by atoms with Crippen molar-refractivity contribution in [3.63, 3.8) is 0 Å². The molecule has 0 aliphatic rings. The Bertz CT molecular complexity index is 849. The summed E-state index contributed by atoms with van der Waals surface area (Å²) in [5.41, 5.74) is 7.80. The molecule has 1 amide bonds. The van der Waals surface area contributed by atoms with Crippen molar-refractivity contribution in [1.82, 2.24) is 10.4 Å². The highest BCUT2D eigenvalue weighted by Crippen LogP contribution is 2.28. The first-order valence-electron chi connectivity index (χ1n) is 7.47. The number of nitrogens with zero attached hydrogens (tertiary/aromatic N) is 1. The van der Waals surface area contributed by atoms with Gasteiger partial charge in [0.2, 0.25) is 11.0 Å². The molecule has 0 spiro atoms. The van der Waals surface area contributed by atoms with E-state index in [1.807, 2.05) is 36.4 Å².